The van der Waals surface area contributed by atoms with E-state index in [9.17, 15) is 4.79 Å². The first-order chi connectivity index (χ1) is 10.1. The van der Waals surface area contributed by atoms with Gasteiger partial charge in [0.25, 0.3) is 0 Å². The summed E-state index contributed by atoms with van der Waals surface area (Å²) >= 11 is 0. The molecule has 0 aliphatic rings. The number of hydrogen-bond acceptors (Lipinski definition) is 4. The Morgan fingerprint density at radius 3 is 2.76 bits per heavy atom. The van der Waals surface area contributed by atoms with Crippen LogP contribution in [0.3, 0.4) is 0 Å². The Hall–Kier alpha value is -2.56. The zero-order valence-corrected chi connectivity index (χ0v) is 12.0. The zero-order valence-electron chi connectivity index (χ0n) is 12.0. The molecule has 5 nitrogen and oxygen atoms in total. The highest BCUT2D eigenvalue weighted by atomic mass is 16.5. The standard InChI is InChI=1S/C16H17NO4/c1-3-13-8-12(16(18)19)9-15(17-13)21-10-11-5-4-6-14(7-11)20-2/h4-9H,3,10H2,1-2H3,(H,18,19). The molecule has 0 aliphatic carbocycles. The number of aromatic nitrogens is 1. The van der Waals surface area contributed by atoms with E-state index in [-0.39, 0.29) is 5.56 Å². The van der Waals surface area contributed by atoms with E-state index in [4.69, 9.17) is 14.6 Å². The van der Waals surface area contributed by atoms with E-state index in [0.29, 0.717) is 24.6 Å². The summed E-state index contributed by atoms with van der Waals surface area (Å²) in [6.07, 6.45) is 0.649. The minimum absolute atomic E-state index is 0.183. The summed E-state index contributed by atoms with van der Waals surface area (Å²) in [4.78, 5) is 15.4. The van der Waals surface area contributed by atoms with Crippen molar-refractivity contribution >= 4 is 5.97 Å². The molecular formula is C16H17NO4. The van der Waals surface area contributed by atoms with Crippen LogP contribution in [0.4, 0.5) is 0 Å². The fourth-order valence-electron chi connectivity index (χ4n) is 1.86. The molecule has 2 aromatic rings. The smallest absolute Gasteiger partial charge is 0.335 e. The molecule has 2 rings (SSSR count). The predicted molar refractivity (Wildman–Crippen MR) is 77.9 cm³/mol. The lowest BCUT2D eigenvalue weighted by atomic mass is 10.2. The third-order valence-electron chi connectivity index (χ3n) is 2.98. The Bertz CT molecular complexity index is 640. The van der Waals surface area contributed by atoms with Gasteiger partial charge >= 0.3 is 5.97 Å². The van der Waals surface area contributed by atoms with Crippen LogP contribution in [0.1, 0.15) is 28.5 Å². The van der Waals surface area contributed by atoms with Gasteiger partial charge in [0.1, 0.15) is 12.4 Å². The second-order valence-electron chi connectivity index (χ2n) is 4.48. The highest BCUT2D eigenvalue weighted by molar-refractivity contribution is 5.88. The van der Waals surface area contributed by atoms with Crippen LogP contribution in [0, 0.1) is 0 Å². The molecule has 21 heavy (non-hydrogen) atoms. The molecule has 0 atom stereocenters. The Morgan fingerprint density at radius 1 is 1.29 bits per heavy atom. The Morgan fingerprint density at radius 2 is 2.10 bits per heavy atom. The van der Waals surface area contributed by atoms with Gasteiger partial charge in [-0.15, -0.1) is 0 Å². The summed E-state index contributed by atoms with van der Waals surface area (Å²) < 4.78 is 10.7. The summed E-state index contributed by atoms with van der Waals surface area (Å²) in [5, 5.41) is 9.08. The molecule has 110 valence electrons. The fourth-order valence-corrected chi connectivity index (χ4v) is 1.86. The van der Waals surface area contributed by atoms with Gasteiger partial charge in [-0.25, -0.2) is 9.78 Å². The number of carbonyl (C=O) groups is 1. The highest BCUT2D eigenvalue weighted by Gasteiger charge is 2.09. The van der Waals surface area contributed by atoms with E-state index in [1.54, 1.807) is 13.2 Å². The van der Waals surface area contributed by atoms with Crippen LogP contribution >= 0.6 is 0 Å². The van der Waals surface area contributed by atoms with Gasteiger partial charge < -0.3 is 14.6 Å². The van der Waals surface area contributed by atoms with Crippen LogP contribution in [-0.4, -0.2) is 23.2 Å². The first-order valence-corrected chi connectivity index (χ1v) is 6.62. The monoisotopic (exact) mass is 287 g/mol. The fraction of sp³-hybridized carbons (Fsp3) is 0.250. The number of benzene rings is 1. The Labute approximate surface area is 123 Å². The number of methoxy groups -OCH3 is 1. The van der Waals surface area contributed by atoms with Gasteiger partial charge in [0, 0.05) is 11.8 Å². The van der Waals surface area contributed by atoms with E-state index >= 15 is 0 Å². The van der Waals surface area contributed by atoms with Crippen LogP contribution < -0.4 is 9.47 Å². The maximum absolute atomic E-state index is 11.1. The van der Waals surface area contributed by atoms with Gasteiger partial charge in [-0.05, 0) is 30.2 Å². The molecule has 0 aliphatic heterocycles. The molecule has 0 saturated heterocycles. The minimum atomic E-state index is -0.988. The van der Waals surface area contributed by atoms with Crippen LogP contribution in [0.15, 0.2) is 36.4 Å². The van der Waals surface area contributed by atoms with Gasteiger partial charge in [-0.2, -0.15) is 0 Å². The summed E-state index contributed by atoms with van der Waals surface area (Å²) in [5.41, 5.74) is 1.80. The molecule has 1 aromatic heterocycles. The molecular weight excluding hydrogens is 270 g/mol. The van der Waals surface area contributed by atoms with Gasteiger partial charge in [0.15, 0.2) is 0 Å². The van der Waals surface area contributed by atoms with E-state index < -0.39 is 5.97 Å². The van der Waals surface area contributed by atoms with Gasteiger partial charge in [-0.1, -0.05) is 19.1 Å². The van der Waals surface area contributed by atoms with E-state index in [2.05, 4.69) is 4.98 Å². The van der Waals surface area contributed by atoms with Crippen molar-refractivity contribution in [3.05, 3.63) is 53.2 Å². The lowest BCUT2D eigenvalue weighted by Crippen LogP contribution is -2.04. The maximum atomic E-state index is 11.1. The van der Waals surface area contributed by atoms with Crippen LogP contribution in [-0.2, 0) is 13.0 Å². The molecule has 1 heterocycles. The van der Waals surface area contributed by atoms with Crippen LogP contribution in [0.25, 0.3) is 0 Å². The first-order valence-electron chi connectivity index (χ1n) is 6.62. The van der Waals surface area contributed by atoms with Crippen molar-refractivity contribution < 1.29 is 19.4 Å². The van der Waals surface area contributed by atoms with Crippen molar-refractivity contribution in [1.29, 1.82) is 0 Å². The minimum Gasteiger partial charge on any atom is -0.497 e. The van der Waals surface area contributed by atoms with Crippen molar-refractivity contribution in [3.8, 4) is 11.6 Å². The zero-order chi connectivity index (χ0) is 15.2. The number of ether oxygens (including phenoxy) is 2. The summed E-state index contributed by atoms with van der Waals surface area (Å²) in [7, 11) is 1.60. The van der Waals surface area contributed by atoms with E-state index in [0.717, 1.165) is 11.3 Å². The number of hydrogen-bond donors (Lipinski definition) is 1. The number of rotatable bonds is 6. The molecule has 0 amide bonds. The first kappa shape index (κ1) is 14.8. The number of pyridine rings is 1. The largest absolute Gasteiger partial charge is 0.497 e. The molecule has 0 spiro atoms. The topological polar surface area (TPSA) is 68.7 Å². The number of carboxylic acid groups (broad SMARTS) is 1. The SMILES string of the molecule is CCc1cc(C(=O)O)cc(OCc2cccc(OC)c2)n1. The van der Waals surface area contributed by atoms with Crippen LogP contribution in [0.2, 0.25) is 0 Å². The normalized spacial score (nSPS) is 10.2. The van der Waals surface area contributed by atoms with Crippen molar-refractivity contribution in [3.63, 3.8) is 0 Å². The number of nitrogens with zero attached hydrogens (tertiary/aromatic N) is 1. The van der Waals surface area contributed by atoms with Crippen molar-refractivity contribution in [1.82, 2.24) is 4.98 Å². The second kappa shape index (κ2) is 6.74. The molecule has 0 fully saturated rings. The number of carboxylic acids is 1. The summed E-state index contributed by atoms with van der Waals surface area (Å²) in [6.45, 7) is 2.22. The molecule has 0 radical (unpaired) electrons. The average molecular weight is 287 g/mol. The summed E-state index contributed by atoms with van der Waals surface area (Å²) in [5.74, 6) is 0.0745. The molecule has 0 unspecified atom stereocenters. The molecule has 0 bridgehead atoms. The lowest BCUT2D eigenvalue weighted by molar-refractivity contribution is 0.0696. The third-order valence-corrected chi connectivity index (χ3v) is 2.98. The van der Waals surface area contributed by atoms with Crippen molar-refractivity contribution in [2.24, 2.45) is 0 Å². The van der Waals surface area contributed by atoms with E-state index in [1.807, 2.05) is 31.2 Å². The number of aromatic carboxylic acids is 1. The summed E-state index contributed by atoms with van der Waals surface area (Å²) in [6, 6.07) is 10.5. The number of aryl methyl sites for hydroxylation is 1. The van der Waals surface area contributed by atoms with Crippen LogP contribution in [0.5, 0.6) is 11.6 Å². The maximum Gasteiger partial charge on any atom is 0.335 e. The Balaban J connectivity index is 2.15. The Kier molecular flexibility index (Phi) is 4.77. The van der Waals surface area contributed by atoms with Gasteiger partial charge in [0.05, 0.1) is 12.7 Å². The van der Waals surface area contributed by atoms with Crippen molar-refractivity contribution in [2.75, 3.05) is 7.11 Å². The third kappa shape index (κ3) is 3.95. The molecule has 5 heteroatoms. The predicted octanol–water partition coefficient (Wildman–Crippen LogP) is 2.93. The molecule has 1 aromatic carbocycles. The average Bonchev–Trinajstić information content (AvgIpc) is 2.52. The highest BCUT2D eigenvalue weighted by Crippen LogP contribution is 2.17. The van der Waals surface area contributed by atoms with Gasteiger partial charge in [-0.3, -0.25) is 0 Å². The lowest BCUT2D eigenvalue weighted by Gasteiger charge is -2.09. The van der Waals surface area contributed by atoms with E-state index in [1.165, 1.54) is 6.07 Å². The molecule has 1 N–H and O–H groups in total. The van der Waals surface area contributed by atoms with Gasteiger partial charge in [0.2, 0.25) is 5.88 Å². The second-order valence-corrected chi connectivity index (χ2v) is 4.48. The van der Waals surface area contributed by atoms with Crippen molar-refractivity contribution in [2.45, 2.75) is 20.0 Å². The molecule has 0 saturated carbocycles. The quantitative estimate of drug-likeness (QED) is 0.884.